The molecule has 0 atom stereocenters. The molecule has 1 aromatic heterocycles. The Kier molecular flexibility index (Phi) is 5.27. The predicted molar refractivity (Wildman–Crippen MR) is 118 cm³/mol. The first-order valence-corrected chi connectivity index (χ1v) is 10.5. The van der Waals surface area contributed by atoms with Crippen molar-refractivity contribution in [3.8, 4) is 11.8 Å². The molecule has 5 heteroatoms. The highest BCUT2D eigenvalue weighted by atomic mass is 16.3. The van der Waals surface area contributed by atoms with Crippen molar-refractivity contribution < 1.29 is 4.42 Å². The van der Waals surface area contributed by atoms with E-state index in [1.807, 2.05) is 42.5 Å². The van der Waals surface area contributed by atoms with E-state index in [2.05, 4.69) is 50.7 Å². The summed E-state index contributed by atoms with van der Waals surface area (Å²) in [5.41, 5.74) is 5.86. The molecule has 0 spiro atoms. The highest BCUT2D eigenvalue weighted by molar-refractivity contribution is 5.72. The molecule has 5 nitrogen and oxygen atoms in total. The van der Waals surface area contributed by atoms with Crippen molar-refractivity contribution in [2.24, 2.45) is 0 Å². The normalized spacial score (nSPS) is 17.7. The summed E-state index contributed by atoms with van der Waals surface area (Å²) >= 11 is 0. The van der Waals surface area contributed by atoms with Gasteiger partial charge in [-0.15, -0.1) is 0 Å². The zero-order chi connectivity index (χ0) is 20.3. The van der Waals surface area contributed by atoms with Crippen LogP contribution in [0.5, 0.6) is 0 Å². The zero-order valence-corrected chi connectivity index (χ0v) is 17.3. The number of para-hydroxylation sites is 2. The third kappa shape index (κ3) is 4.11. The first-order chi connectivity index (χ1) is 14.7. The molecular weight excluding hydrogens is 372 g/mol. The predicted octanol–water partition coefficient (Wildman–Crippen LogP) is 3.54. The van der Waals surface area contributed by atoms with Crippen LogP contribution in [-0.2, 0) is 6.54 Å². The zero-order valence-electron chi connectivity index (χ0n) is 17.3. The highest BCUT2D eigenvalue weighted by Crippen LogP contribution is 2.26. The van der Waals surface area contributed by atoms with E-state index in [0.717, 1.165) is 68.4 Å². The molecule has 30 heavy (non-hydrogen) atoms. The van der Waals surface area contributed by atoms with E-state index in [1.165, 1.54) is 11.3 Å². The van der Waals surface area contributed by atoms with Gasteiger partial charge in [0.15, 0.2) is 5.58 Å². The second kappa shape index (κ2) is 8.35. The fourth-order valence-corrected chi connectivity index (χ4v) is 4.38. The van der Waals surface area contributed by atoms with Crippen LogP contribution >= 0.6 is 0 Å². The molecular formula is C25H26N4O. The Morgan fingerprint density at radius 1 is 1.00 bits per heavy atom. The number of benzene rings is 2. The summed E-state index contributed by atoms with van der Waals surface area (Å²) in [5, 5.41) is 0. The van der Waals surface area contributed by atoms with Crippen LogP contribution in [0, 0.1) is 11.8 Å². The van der Waals surface area contributed by atoms with Crippen molar-refractivity contribution in [1.82, 2.24) is 19.7 Å². The van der Waals surface area contributed by atoms with Crippen molar-refractivity contribution in [3.63, 3.8) is 0 Å². The van der Waals surface area contributed by atoms with Crippen molar-refractivity contribution in [1.29, 1.82) is 0 Å². The largest absolute Gasteiger partial charge is 0.439 e. The summed E-state index contributed by atoms with van der Waals surface area (Å²) in [4.78, 5) is 11.9. The van der Waals surface area contributed by atoms with Gasteiger partial charge in [0.25, 0.3) is 0 Å². The lowest BCUT2D eigenvalue weighted by atomic mass is 10.0. The van der Waals surface area contributed by atoms with Crippen LogP contribution < -0.4 is 0 Å². The fourth-order valence-electron chi connectivity index (χ4n) is 4.38. The van der Waals surface area contributed by atoms with Crippen LogP contribution in [-0.4, -0.2) is 59.6 Å². The summed E-state index contributed by atoms with van der Waals surface area (Å²) in [5.74, 6) is 7.41. The summed E-state index contributed by atoms with van der Waals surface area (Å²) in [6.45, 7) is 5.45. The van der Waals surface area contributed by atoms with E-state index in [-0.39, 0.29) is 0 Å². The lowest BCUT2D eigenvalue weighted by Gasteiger charge is -2.42. The van der Waals surface area contributed by atoms with Crippen LogP contribution in [0.1, 0.15) is 17.9 Å². The number of rotatable bonds is 3. The average molecular weight is 399 g/mol. The van der Waals surface area contributed by atoms with Crippen LogP contribution in [0.25, 0.3) is 11.1 Å². The molecule has 2 aliphatic rings. The summed E-state index contributed by atoms with van der Waals surface area (Å²) in [7, 11) is 2.19. The Bertz CT molecular complexity index is 1090. The number of hydrogen-bond acceptors (Lipinski definition) is 5. The Balaban J connectivity index is 1.24. The molecule has 2 aliphatic heterocycles. The molecule has 0 saturated carbocycles. The van der Waals surface area contributed by atoms with Gasteiger partial charge in [0.2, 0.25) is 5.89 Å². The molecule has 3 aromatic rings. The molecule has 0 unspecified atom stereocenters. The first-order valence-electron chi connectivity index (χ1n) is 10.5. The van der Waals surface area contributed by atoms with E-state index >= 15 is 0 Å². The number of hydrogen-bond donors (Lipinski definition) is 0. The van der Waals surface area contributed by atoms with E-state index in [4.69, 9.17) is 4.42 Å². The molecule has 0 radical (unpaired) electrons. The van der Waals surface area contributed by atoms with E-state index in [1.54, 1.807) is 0 Å². The highest BCUT2D eigenvalue weighted by Gasteiger charge is 2.28. The molecule has 5 rings (SSSR count). The van der Waals surface area contributed by atoms with Gasteiger partial charge in [-0.25, -0.2) is 4.98 Å². The third-order valence-electron chi connectivity index (χ3n) is 5.78. The molecule has 0 fully saturated rings. The summed E-state index contributed by atoms with van der Waals surface area (Å²) in [6, 6.07) is 18.2. The molecule has 3 heterocycles. The van der Waals surface area contributed by atoms with Crippen LogP contribution in [0.2, 0.25) is 0 Å². The summed E-state index contributed by atoms with van der Waals surface area (Å²) < 4.78 is 5.94. The summed E-state index contributed by atoms with van der Waals surface area (Å²) in [6.07, 6.45) is 1.09. The first kappa shape index (κ1) is 18.9. The number of aromatic nitrogens is 1. The van der Waals surface area contributed by atoms with E-state index < -0.39 is 0 Å². The van der Waals surface area contributed by atoms with Crippen molar-refractivity contribution >= 4 is 11.1 Å². The molecule has 0 amide bonds. The van der Waals surface area contributed by atoms with Gasteiger partial charge in [0, 0.05) is 44.4 Å². The lowest BCUT2D eigenvalue weighted by molar-refractivity contribution is 0.129. The van der Waals surface area contributed by atoms with Gasteiger partial charge in [-0.1, -0.05) is 42.2 Å². The Morgan fingerprint density at radius 2 is 1.80 bits per heavy atom. The number of nitrogens with zero attached hydrogens (tertiary/aromatic N) is 4. The minimum Gasteiger partial charge on any atom is -0.439 e. The van der Waals surface area contributed by atoms with Gasteiger partial charge in [-0.2, -0.15) is 0 Å². The second-order valence-corrected chi connectivity index (χ2v) is 8.08. The van der Waals surface area contributed by atoms with Gasteiger partial charge in [0.05, 0.1) is 19.8 Å². The number of oxazole rings is 1. The second-order valence-electron chi connectivity index (χ2n) is 8.08. The number of fused-ring (bicyclic) bond motifs is 1. The van der Waals surface area contributed by atoms with E-state index in [0.29, 0.717) is 0 Å². The molecule has 152 valence electrons. The molecule has 0 saturated heterocycles. The van der Waals surface area contributed by atoms with Gasteiger partial charge in [-0.05, 0) is 29.8 Å². The van der Waals surface area contributed by atoms with Crippen molar-refractivity contribution in [2.75, 3.05) is 39.9 Å². The van der Waals surface area contributed by atoms with Crippen LogP contribution in [0.15, 0.2) is 70.3 Å². The molecule has 0 bridgehead atoms. The lowest BCUT2D eigenvalue weighted by Crippen LogP contribution is -2.47. The maximum atomic E-state index is 5.94. The maximum Gasteiger partial charge on any atom is 0.209 e. The average Bonchev–Trinajstić information content (AvgIpc) is 3.16. The molecule has 0 N–H and O–H groups in total. The Morgan fingerprint density at radius 3 is 2.67 bits per heavy atom. The van der Waals surface area contributed by atoms with E-state index in [9.17, 15) is 0 Å². The maximum absolute atomic E-state index is 5.94. The van der Waals surface area contributed by atoms with Gasteiger partial charge >= 0.3 is 0 Å². The van der Waals surface area contributed by atoms with Gasteiger partial charge < -0.3 is 9.32 Å². The van der Waals surface area contributed by atoms with Gasteiger partial charge in [0.1, 0.15) is 5.52 Å². The standard InChI is InChI=1S/C25H26N4O/c1-27-19-29(18-25-26-22-11-5-6-12-24(22)30-25)17-21-16-28(15-13-23(21)27)14-7-10-20-8-3-2-4-9-20/h2-6,8-9,11-12H,13-19H2,1H3. The topological polar surface area (TPSA) is 35.8 Å². The molecule has 2 aromatic carbocycles. The fraction of sp³-hybridized carbons (Fsp3) is 0.320. The minimum atomic E-state index is 0.726. The molecule has 0 aliphatic carbocycles. The van der Waals surface area contributed by atoms with Crippen LogP contribution in [0.4, 0.5) is 0 Å². The minimum absolute atomic E-state index is 0.726. The smallest absolute Gasteiger partial charge is 0.209 e. The quantitative estimate of drug-likeness (QED) is 0.631. The van der Waals surface area contributed by atoms with Crippen molar-refractivity contribution in [3.05, 3.63) is 77.3 Å². The van der Waals surface area contributed by atoms with Crippen molar-refractivity contribution in [2.45, 2.75) is 13.0 Å². The Labute approximate surface area is 177 Å². The Hall–Kier alpha value is -3.07. The SMILES string of the molecule is CN1CN(Cc2nc3ccccc3o2)CC2=C1CCN(CC#Cc1ccccc1)C2. The van der Waals surface area contributed by atoms with Gasteiger partial charge in [-0.3, -0.25) is 9.80 Å². The van der Waals surface area contributed by atoms with Crippen LogP contribution in [0.3, 0.4) is 0 Å². The third-order valence-corrected chi connectivity index (χ3v) is 5.78. The monoisotopic (exact) mass is 398 g/mol.